The van der Waals surface area contributed by atoms with Gasteiger partial charge in [0.25, 0.3) is 5.91 Å². The molecule has 0 fully saturated rings. The molecule has 0 aliphatic heterocycles. The van der Waals surface area contributed by atoms with Crippen LogP contribution in [0.4, 0.5) is 0 Å². The molecule has 1 amide bonds. The van der Waals surface area contributed by atoms with E-state index in [1.807, 2.05) is 36.9 Å². The van der Waals surface area contributed by atoms with Gasteiger partial charge in [-0.3, -0.25) is 4.79 Å². The second-order valence-corrected chi connectivity index (χ2v) is 6.52. The summed E-state index contributed by atoms with van der Waals surface area (Å²) in [6.07, 6.45) is 6.93. The van der Waals surface area contributed by atoms with Crippen molar-refractivity contribution < 1.29 is 4.79 Å². The van der Waals surface area contributed by atoms with Crippen LogP contribution in [0.1, 0.15) is 41.6 Å². The molecule has 0 aliphatic rings. The first-order chi connectivity index (χ1) is 9.15. The molecule has 1 N–H and O–H groups in total. The average molecular weight is 344 g/mol. The van der Waals surface area contributed by atoms with Gasteiger partial charge >= 0.3 is 0 Å². The minimum absolute atomic E-state index is 0.0305. The molecule has 0 aliphatic carbocycles. The summed E-state index contributed by atoms with van der Waals surface area (Å²) in [4.78, 5) is 12.0. The lowest BCUT2D eigenvalue weighted by Crippen LogP contribution is -2.25. The number of carbonyl (C=O) groups excluding carboxylic acids is 1. The van der Waals surface area contributed by atoms with Crippen molar-refractivity contribution in [1.82, 2.24) is 5.32 Å². The van der Waals surface area contributed by atoms with Crippen molar-refractivity contribution in [1.29, 1.82) is 0 Å². The van der Waals surface area contributed by atoms with E-state index in [2.05, 4.69) is 27.5 Å². The van der Waals surface area contributed by atoms with Gasteiger partial charge in [-0.1, -0.05) is 34.8 Å². The zero-order valence-corrected chi connectivity index (χ0v) is 14.1. The lowest BCUT2D eigenvalue weighted by Gasteiger charge is -2.08. The van der Waals surface area contributed by atoms with E-state index in [9.17, 15) is 4.79 Å². The number of benzene rings is 1. The van der Waals surface area contributed by atoms with Gasteiger partial charge in [-0.25, -0.2) is 0 Å². The summed E-state index contributed by atoms with van der Waals surface area (Å²) in [5.74, 6) is 1.27. The predicted octanol–water partition coefficient (Wildman–Crippen LogP) is 4.41. The molecule has 0 heterocycles. The van der Waals surface area contributed by atoms with Crippen molar-refractivity contribution in [3.8, 4) is 0 Å². The monoisotopic (exact) mass is 343 g/mol. The lowest BCUT2D eigenvalue weighted by atomic mass is 10.1. The Morgan fingerprint density at radius 1 is 1.26 bits per heavy atom. The number of carbonyl (C=O) groups is 1. The molecular weight excluding hydrogens is 322 g/mol. The molecule has 0 spiro atoms. The highest BCUT2D eigenvalue weighted by Gasteiger charge is 2.08. The van der Waals surface area contributed by atoms with E-state index < -0.39 is 0 Å². The van der Waals surface area contributed by atoms with Crippen molar-refractivity contribution in [3.05, 3.63) is 33.8 Å². The molecule has 0 aromatic heterocycles. The molecule has 19 heavy (non-hydrogen) atoms. The van der Waals surface area contributed by atoms with Crippen molar-refractivity contribution in [2.75, 3.05) is 18.6 Å². The molecule has 106 valence electrons. The second kappa shape index (κ2) is 9.43. The van der Waals surface area contributed by atoms with Gasteiger partial charge in [-0.05, 0) is 49.5 Å². The van der Waals surface area contributed by atoms with Gasteiger partial charge in [0.1, 0.15) is 0 Å². The molecule has 0 bridgehead atoms. The van der Waals surface area contributed by atoms with Crippen molar-refractivity contribution in [2.45, 2.75) is 32.6 Å². The molecule has 0 saturated carbocycles. The molecule has 0 saturated heterocycles. The maximum Gasteiger partial charge on any atom is 0.251 e. The Morgan fingerprint density at radius 2 is 2.00 bits per heavy atom. The molecular formula is C15H22BrNOS. The van der Waals surface area contributed by atoms with Crippen LogP contribution in [-0.4, -0.2) is 24.5 Å². The fourth-order valence-electron chi connectivity index (χ4n) is 1.86. The Balaban J connectivity index is 2.26. The number of unbranched alkanes of at least 4 members (excludes halogenated alkanes) is 3. The Labute approximate surface area is 128 Å². The van der Waals surface area contributed by atoms with Crippen LogP contribution in [0.3, 0.4) is 0 Å². The summed E-state index contributed by atoms with van der Waals surface area (Å²) in [6, 6.07) is 5.79. The summed E-state index contributed by atoms with van der Waals surface area (Å²) < 4.78 is 0.945. The van der Waals surface area contributed by atoms with E-state index in [4.69, 9.17) is 0 Å². The van der Waals surface area contributed by atoms with E-state index in [1.165, 1.54) is 25.0 Å². The fraction of sp³-hybridized carbons (Fsp3) is 0.533. The number of aryl methyl sites for hydroxylation is 1. The van der Waals surface area contributed by atoms with Gasteiger partial charge in [-0.2, -0.15) is 11.8 Å². The third-order valence-corrected chi connectivity index (χ3v) is 4.20. The molecule has 0 unspecified atom stereocenters. The average Bonchev–Trinajstić information content (AvgIpc) is 2.40. The predicted molar refractivity (Wildman–Crippen MR) is 88.1 cm³/mol. The Hall–Kier alpha value is -0.480. The van der Waals surface area contributed by atoms with E-state index in [-0.39, 0.29) is 5.91 Å². The van der Waals surface area contributed by atoms with E-state index in [0.717, 1.165) is 28.6 Å². The second-order valence-electron chi connectivity index (χ2n) is 4.62. The van der Waals surface area contributed by atoms with Crippen molar-refractivity contribution in [2.24, 2.45) is 0 Å². The van der Waals surface area contributed by atoms with Gasteiger partial charge in [-0.15, -0.1) is 0 Å². The van der Waals surface area contributed by atoms with Crippen LogP contribution in [0, 0.1) is 6.92 Å². The number of halogens is 1. The van der Waals surface area contributed by atoms with Crippen molar-refractivity contribution in [3.63, 3.8) is 0 Å². The zero-order chi connectivity index (χ0) is 14.1. The van der Waals surface area contributed by atoms with Gasteiger partial charge in [0.2, 0.25) is 0 Å². The number of hydrogen-bond donors (Lipinski definition) is 1. The number of rotatable bonds is 8. The summed E-state index contributed by atoms with van der Waals surface area (Å²) in [5.41, 5.74) is 1.78. The van der Waals surface area contributed by atoms with Crippen LogP contribution >= 0.6 is 27.7 Å². The first-order valence-electron chi connectivity index (χ1n) is 6.68. The number of nitrogens with one attached hydrogen (secondary N) is 1. The van der Waals surface area contributed by atoms with E-state index in [0.29, 0.717) is 0 Å². The van der Waals surface area contributed by atoms with Crippen LogP contribution in [0.5, 0.6) is 0 Å². The first-order valence-corrected chi connectivity index (χ1v) is 8.87. The lowest BCUT2D eigenvalue weighted by molar-refractivity contribution is 0.0952. The van der Waals surface area contributed by atoms with Gasteiger partial charge < -0.3 is 5.32 Å². The number of thioether (sulfide) groups is 1. The zero-order valence-electron chi connectivity index (χ0n) is 11.7. The molecule has 1 aromatic carbocycles. The minimum Gasteiger partial charge on any atom is -0.352 e. The standard InChI is InChI=1S/C15H22BrNOS/c1-12-7-8-13(16)11-14(12)15(18)17-9-5-3-4-6-10-19-2/h7-8,11H,3-6,9-10H2,1-2H3,(H,17,18). The van der Waals surface area contributed by atoms with Crippen LogP contribution in [0.2, 0.25) is 0 Å². The van der Waals surface area contributed by atoms with Crippen LogP contribution < -0.4 is 5.32 Å². The Kier molecular flexibility index (Phi) is 8.22. The fourth-order valence-corrected chi connectivity index (χ4v) is 2.71. The summed E-state index contributed by atoms with van der Waals surface area (Å²) >= 11 is 5.30. The van der Waals surface area contributed by atoms with Crippen LogP contribution in [0.15, 0.2) is 22.7 Å². The highest BCUT2D eigenvalue weighted by Crippen LogP contribution is 2.15. The first kappa shape index (κ1) is 16.6. The van der Waals surface area contributed by atoms with E-state index >= 15 is 0 Å². The highest BCUT2D eigenvalue weighted by atomic mass is 79.9. The minimum atomic E-state index is 0.0305. The Bertz CT molecular complexity index is 409. The normalized spacial score (nSPS) is 10.5. The molecule has 1 aromatic rings. The summed E-state index contributed by atoms with van der Waals surface area (Å²) in [7, 11) is 0. The summed E-state index contributed by atoms with van der Waals surface area (Å²) in [6.45, 7) is 2.73. The van der Waals surface area contributed by atoms with Gasteiger partial charge in [0.15, 0.2) is 0 Å². The third kappa shape index (κ3) is 6.48. The van der Waals surface area contributed by atoms with Gasteiger partial charge in [0, 0.05) is 16.6 Å². The van der Waals surface area contributed by atoms with Gasteiger partial charge in [0.05, 0.1) is 0 Å². The third-order valence-electron chi connectivity index (χ3n) is 3.01. The highest BCUT2D eigenvalue weighted by molar-refractivity contribution is 9.10. The number of hydrogen-bond acceptors (Lipinski definition) is 2. The van der Waals surface area contributed by atoms with Crippen LogP contribution in [-0.2, 0) is 0 Å². The molecule has 0 radical (unpaired) electrons. The topological polar surface area (TPSA) is 29.1 Å². The molecule has 1 rings (SSSR count). The summed E-state index contributed by atoms with van der Waals surface area (Å²) in [5, 5.41) is 2.99. The molecule has 2 nitrogen and oxygen atoms in total. The largest absolute Gasteiger partial charge is 0.352 e. The molecule has 0 atom stereocenters. The van der Waals surface area contributed by atoms with E-state index in [1.54, 1.807) is 0 Å². The molecule has 4 heteroatoms. The maximum absolute atomic E-state index is 12.0. The maximum atomic E-state index is 12.0. The van der Waals surface area contributed by atoms with Crippen molar-refractivity contribution >= 4 is 33.6 Å². The Morgan fingerprint density at radius 3 is 2.74 bits per heavy atom. The quantitative estimate of drug-likeness (QED) is 0.708. The smallest absolute Gasteiger partial charge is 0.251 e. The number of amides is 1. The van der Waals surface area contributed by atoms with Crippen LogP contribution in [0.25, 0.3) is 0 Å². The SMILES string of the molecule is CSCCCCCCNC(=O)c1cc(Br)ccc1C.